The number of carbonyl (C=O) groups is 1. The fourth-order valence-corrected chi connectivity index (χ4v) is 6.12. The van der Waals surface area contributed by atoms with Crippen LogP contribution >= 0.6 is 0 Å². The van der Waals surface area contributed by atoms with Crippen molar-refractivity contribution in [3.8, 4) is 0 Å². The van der Waals surface area contributed by atoms with Gasteiger partial charge in [-0.15, -0.1) is 0 Å². The molecule has 0 radical (unpaired) electrons. The first-order chi connectivity index (χ1) is 11.6. The molecular weight excluding hydrogens is 298 g/mol. The highest BCUT2D eigenvalue weighted by Crippen LogP contribution is 2.60. The van der Waals surface area contributed by atoms with Crippen LogP contribution < -0.4 is 5.32 Å². The molecule has 4 aliphatic rings. The SMILES string of the molecule is Cc1nc2ccccn2c1CNC(=O)C12CC3CC(CC(C3)C1)C2. The lowest BCUT2D eigenvalue weighted by Crippen LogP contribution is -2.53. The van der Waals surface area contributed by atoms with E-state index >= 15 is 0 Å². The van der Waals surface area contributed by atoms with Gasteiger partial charge in [-0.25, -0.2) is 4.98 Å². The normalized spacial score (nSPS) is 34.0. The van der Waals surface area contributed by atoms with E-state index in [1.54, 1.807) is 0 Å². The molecular formula is C20H25N3O. The number of hydrogen-bond donors (Lipinski definition) is 1. The summed E-state index contributed by atoms with van der Waals surface area (Å²) in [5.41, 5.74) is 2.99. The Morgan fingerprint density at radius 2 is 1.88 bits per heavy atom. The molecule has 4 bridgehead atoms. The highest BCUT2D eigenvalue weighted by atomic mass is 16.2. The number of nitrogens with zero attached hydrogens (tertiary/aromatic N) is 2. The van der Waals surface area contributed by atoms with Crippen molar-refractivity contribution in [2.75, 3.05) is 0 Å². The third kappa shape index (κ3) is 2.11. The van der Waals surface area contributed by atoms with E-state index in [-0.39, 0.29) is 5.41 Å². The van der Waals surface area contributed by atoms with Crippen LogP contribution in [0.5, 0.6) is 0 Å². The number of aromatic nitrogens is 2. The van der Waals surface area contributed by atoms with Crippen molar-refractivity contribution in [3.05, 3.63) is 35.8 Å². The van der Waals surface area contributed by atoms with Gasteiger partial charge in [0.25, 0.3) is 0 Å². The molecule has 0 saturated heterocycles. The molecule has 126 valence electrons. The molecule has 4 nitrogen and oxygen atoms in total. The van der Waals surface area contributed by atoms with Gasteiger partial charge in [-0.3, -0.25) is 4.79 Å². The summed E-state index contributed by atoms with van der Waals surface area (Å²) in [4.78, 5) is 17.7. The predicted molar refractivity (Wildman–Crippen MR) is 92.4 cm³/mol. The molecule has 2 aromatic rings. The Balaban J connectivity index is 1.36. The largest absolute Gasteiger partial charge is 0.350 e. The number of pyridine rings is 1. The molecule has 0 unspecified atom stereocenters. The maximum absolute atomic E-state index is 13.1. The Bertz CT molecular complexity index is 771. The first-order valence-corrected chi connectivity index (χ1v) is 9.34. The van der Waals surface area contributed by atoms with Crippen LogP contribution in [0.25, 0.3) is 5.65 Å². The van der Waals surface area contributed by atoms with Gasteiger partial charge in [-0.05, 0) is 75.3 Å². The van der Waals surface area contributed by atoms with Gasteiger partial charge in [0.05, 0.1) is 17.9 Å². The molecule has 4 aliphatic carbocycles. The minimum atomic E-state index is -0.0663. The zero-order chi connectivity index (χ0) is 16.3. The third-order valence-electron chi connectivity index (χ3n) is 6.77. The molecule has 2 heterocycles. The first kappa shape index (κ1) is 14.5. The average molecular weight is 323 g/mol. The van der Waals surface area contributed by atoms with Gasteiger partial charge in [0.15, 0.2) is 0 Å². The molecule has 1 amide bonds. The Morgan fingerprint density at radius 1 is 1.21 bits per heavy atom. The summed E-state index contributed by atoms with van der Waals surface area (Å²) in [5.74, 6) is 2.71. The van der Waals surface area contributed by atoms with Crippen LogP contribution in [0.15, 0.2) is 24.4 Å². The Kier molecular flexibility index (Phi) is 3.07. The quantitative estimate of drug-likeness (QED) is 0.940. The molecule has 4 heteroatoms. The van der Waals surface area contributed by atoms with Crippen LogP contribution in [0.4, 0.5) is 0 Å². The molecule has 0 aliphatic heterocycles. The summed E-state index contributed by atoms with van der Waals surface area (Å²) >= 11 is 0. The number of rotatable bonds is 3. The number of fused-ring (bicyclic) bond motifs is 1. The molecule has 0 aromatic carbocycles. The number of hydrogen-bond acceptors (Lipinski definition) is 2. The van der Waals surface area contributed by atoms with Crippen LogP contribution in [0, 0.1) is 30.1 Å². The molecule has 6 rings (SSSR count). The first-order valence-electron chi connectivity index (χ1n) is 9.34. The van der Waals surface area contributed by atoms with Gasteiger partial charge in [-0.1, -0.05) is 6.07 Å². The standard InChI is InChI=1S/C20H25N3O/c1-13-17(23-5-3-2-4-18(23)22-13)12-21-19(24)20-9-14-6-15(10-20)8-16(7-14)11-20/h2-5,14-16H,6-12H2,1H3,(H,21,24). The second kappa shape index (κ2) is 5.08. The van der Waals surface area contributed by atoms with Gasteiger partial charge in [0.1, 0.15) is 5.65 Å². The lowest BCUT2D eigenvalue weighted by Gasteiger charge is -2.55. The van der Waals surface area contributed by atoms with Crippen molar-refractivity contribution in [2.45, 2.75) is 52.0 Å². The molecule has 4 saturated carbocycles. The number of aryl methyl sites for hydroxylation is 1. The Labute approximate surface area is 142 Å². The highest BCUT2D eigenvalue weighted by Gasteiger charge is 2.54. The molecule has 1 N–H and O–H groups in total. The predicted octanol–water partition coefficient (Wildman–Crippen LogP) is 3.48. The number of imidazole rings is 1. The maximum atomic E-state index is 13.1. The van der Waals surface area contributed by atoms with Crippen molar-refractivity contribution in [3.63, 3.8) is 0 Å². The van der Waals surface area contributed by atoms with Crippen molar-refractivity contribution in [1.29, 1.82) is 0 Å². The third-order valence-corrected chi connectivity index (χ3v) is 6.77. The zero-order valence-electron chi connectivity index (χ0n) is 14.3. The van der Waals surface area contributed by atoms with E-state index in [1.165, 1.54) is 19.3 Å². The van der Waals surface area contributed by atoms with E-state index in [2.05, 4.69) is 14.7 Å². The molecule has 2 aromatic heterocycles. The number of amides is 1. The summed E-state index contributed by atoms with van der Waals surface area (Å²) in [6, 6.07) is 6.02. The smallest absolute Gasteiger partial charge is 0.226 e. The summed E-state index contributed by atoms with van der Waals surface area (Å²) < 4.78 is 2.09. The zero-order valence-corrected chi connectivity index (χ0v) is 14.3. The van der Waals surface area contributed by atoms with Gasteiger partial charge >= 0.3 is 0 Å². The lowest BCUT2D eigenvalue weighted by atomic mass is 9.49. The van der Waals surface area contributed by atoms with Crippen molar-refractivity contribution in [2.24, 2.45) is 23.2 Å². The van der Waals surface area contributed by atoms with Crippen molar-refractivity contribution < 1.29 is 4.79 Å². The minimum Gasteiger partial charge on any atom is -0.350 e. The van der Waals surface area contributed by atoms with Crippen LogP contribution in [0.3, 0.4) is 0 Å². The van der Waals surface area contributed by atoms with Crippen molar-refractivity contribution in [1.82, 2.24) is 14.7 Å². The number of nitrogens with one attached hydrogen (secondary N) is 1. The van der Waals surface area contributed by atoms with Gasteiger partial charge < -0.3 is 9.72 Å². The maximum Gasteiger partial charge on any atom is 0.226 e. The summed E-state index contributed by atoms with van der Waals surface area (Å²) in [5, 5.41) is 3.28. The van der Waals surface area contributed by atoms with E-state index in [4.69, 9.17) is 0 Å². The van der Waals surface area contributed by atoms with E-state index < -0.39 is 0 Å². The average Bonchev–Trinajstić information content (AvgIpc) is 2.86. The molecule has 0 spiro atoms. The van der Waals surface area contributed by atoms with Crippen LogP contribution in [0.2, 0.25) is 0 Å². The monoisotopic (exact) mass is 323 g/mol. The van der Waals surface area contributed by atoms with Crippen molar-refractivity contribution >= 4 is 11.6 Å². The van der Waals surface area contributed by atoms with Gasteiger partial charge in [-0.2, -0.15) is 0 Å². The Morgan fingerprint density at radius 3 is 2.54 bits per heavy atom. The lowest BCUT2D eigenvalue weighted by molar-refractivity contribution is -0.146. The van der Waals surface area contributed by atoms with E-state index in [0.717, 1.165) is 54.1 Å². The van der Waals surface area contributed by atoms with E-state index in [9.17, 15) is 4.79 Å². The van der Waals surface area contributed by atoms with Crippen LogP contribution in [-0.2, 0) is 11.3 Å². The van der Waals surface area contributed by atoms with Crippen LogP contribution in [-0.4, -0.2) is 15.3 Å². The molecule has 4 fully saturated rings. The summed E-state index contributed by atoms with van der Waals surface area (Å²) in [6.45, 7) is 2.61. The van der Waals surface area contributed by atoms with Crippen LogP contribution in [0.1, 0.15) is 49.9 Å². The Hall–Kier alpha value is -1.84. The van der Waals surface area contributed by atoms with E-state index in [0.29, 0.717) is 12.5 Å². The summed E-state index contributed by atoms with van der Waals surface area (Å²) in [7, 11) is 0. The molecule has 0 atom stereocenters. The summed E-state index contributed by atoms with van der Waals surface area (Å²) in [6.07, 6.45) is 9.52. The minimum absolute atomic E-state index is 0.0663. The fourth-order valence-electron chi connectivity index (χ4n) is 6.12. The van der Waals surface area contributed by atoms with Gasteiger partial charge in [0.2, 0.25) is 5.91 Å². The fraction of sp³-hybridized carbons (Fsp3) is 0.600. The molecule has 24 heavy (non-hydrogen) atoms. The van der Waals surface area contributed by atoms with Gasteiger partial charge in [0, 0.05) is 11.6 Å². The number of carbonyl (C=O) groups excluding carboxylic acids is 1. The second-order valence-corrected chi connectivity index (χ2v) is 8.45. The van der Waals surface area contributed by atoms with E-state index in [1.807, 2.05) is 31.3 Å². The topological polar surface area (TPSA) is 46.4 Å². The highest BCUT2D eigenvalue weighted by molar-refractivity contribution is 5.83. The second-order valence-electron chi connectivity index (χ2n) is 8.45.